The topological polar surface area (TPSA) is 77.4 Å². The number of carbonyl (C=O) groups excluding carboxylic acids is 2. The Bertz CT molecular complexity index is 1060. The monoisotopic (exact) mass is 454 g/mol. The summed E-state index contributed by atoms with van der Waals surface area (Å²) in [7, 11) is 1.25. The number of methoxy groups -OCH3 is 1. The quantitative estimate of drug-likeness (QED) is 0.579. The number of rotatable bonds is 6. The fourth-order valence-electron chi connectivity index (χ4n) is 2.87. The number of hydrogen-bond acceptors (Lipinski definition) is 4. The van der Waals surface area contributed by atoms with Crippen molar-refractivity contribution in [1.82, 2.24) is 9.88 Å². The molecule has 1 amide bonds. The molecule has 0 fully saturated rings. The van der Waals surface area contributed by atoms with Crippen molar-refractivity contribution in [3.05, 3.63) is 104 Å². The third kappa shape index (κ3) is 5.00. The Morgan fingerprint density at radius 3 is 2.38 bits per heavy atom. The third-order valence-electron chi connectivity index (χ3n) is 4.38. The van der Waals surface area contributed by atoms with Crippen LogP contribution in [0, 0.1) is 0 Å². The lowest BCUT2D eigenvalue weighted by Gasteiger charge is -2.17. The Morgan fingerprint density at radius 1 is 1.03 bits per heavy atom. The van der Waals surface area contributed by atoms with E-state index in [4.69, 9.17) is 4.74 Å². The second-order valence-electron chi connectivity index (χ2n) is 6.32. The van der Waals surface area contributed by atoms with Crippen molar-refractivity contribution in [3.63, 3.8) is 0 Å². The van der Waals surface area contributed by atoms with Gasteiger partial charge in [0.25, 0.3) is 11.5 Å². The number of esters is 1. The maximum absolute atomic E-state index is 12.8. The molecule has 0 aliphatic rings. The van der Waals surface area contributed by atoms with Gasteiger partial charge in [0.1, 0.15) is 5.56 Å². The maximum Gasteiger partial charge on any atom is 0.333 e. The molecule has 1 heterocycles. The van der Waals surface area contributed by atoms with Crippen LogP contribution in [-0.4, -0.2) is 23.6 Å². The molecule has 1 unspecified atom stereocenters. The number of nitrogens with zero attached hydrogens (tertiary/aromatic N) is 1. The van der Waals surface area contributed by atoms with E-state index >= 15 is 0 Å². The first-order valence-electron chi connectivity index (χ1n) is 8.87. The average molecular weight is 455 g/mol. The molecule has 2 aromatic carbocycles. The Labute approximate surface area is 176 Å². The molecule has 0 bridgehead atoms. The number of aromatic nitrogens is 1. The molecule has 0 spiro atoms. The van der Waals surface area contributed by atoms with Gasteiger partial charge in [-0.2, -0.15) is 0 Å². The van der Waals surface area contributed by atoms with E-state index in [1.807, 2.05) is 30.3 Å². The van der Waals surface area contributed by atoms with E-state index in [9.17, 15) is 14.4 Å². The van der Waals surface area contributed by atoms with Crippen LogP contribution in [0.1, 0.15) is 27.5 Å². The molecule has 3 aromatic rings. The molecular weight excluding hydrogens is 436 g/mol. The fourth-order valence-corrected chi connectivity index (χ4v) is 3.14. The zero-order valence-electron chi connectivity index (χ0n) is 15.7. The zero-order chi connectivity index (χ0) is 20.8. The average Bonchev–Trinajstić information content (AvgIpc) is 2.74. The number of nitrogens with one attached hydrogen (secondary N) is 1. The summed E-state index contributed by atoms with van der Waals surface area (Å²) < 4.78 is 7.11. The van der Waals surface area contributed by atoms with Crippen LogP contribution < -0.4 is 10.9 Å². The van der Waals surface area contributed by atoms with Crippen molar-refractivity contribution in [2.75, 3.05) is 7.11 Å². The van der Waals surface area contributed by atoms with E-state index in [2.05, 4.69) is 21.2 Å². The molecular formula is C22H19BrN2O4. The Hall–Kier alpha value is -3.19. The lowest BCUT2D eigenvalue weighted by atomic mass is 10.1. The van der Waals surface area contributed by atoms with Crippen molar-refractivity contribution in [2.45, 2.75) is 12.6 Å². The SMILES string of the molecule is COC(=O)C(NC(=O)c1cccn(Cc2ccccc2)c1=O)c1ccc(Br)cc1. The van der Waals surface area contributed by atoms with Crippen molar-refractivity contribution in [1.29, 1.82) is 0 Å². The number of halogens is 1. The van der Waals surface area contributed by atoms with Crippen LogP contribution in [0.25, 0.3) is 0 Å². The van der Waals surface area contributed by atoms with Crippen LogP contribution >= 0.6 is 15.9 Å². The van der Waals surface area contributed by atoms with Crippen molar-refractivity contribution in [2.24, 2.45) is 0 Å². The molecule has 0 radical (unpaired) electrons. The first-order chi connectivity index (χ1) is 14.0. The van der Waals surface area contributed by atoms with Gasteiger partial charge >= 0.3 is 5.97 Å². The van der Waals surface area contributed by atoms with E-state index in [-0.39, 0.29) is 5.56 Å². The van der Waals surface area contributed by atoms with Gasteiger partial charge in [0.15, 0.2) is 6.04 Å². The van der Waals surface area contributed by atoms with Gasteiger partial charge < -0.3 is 14.6 Å². The number of pyridine rings is 1. The van der Waals surface area contributed by atoms with Gasteiger partial charge in [0.05, 0.1) is 13.7 Å². The second-order valence-corrected chi connectivity index (χ2v) is 7.24. The Balaban J connectivity index is 1.86. The molecule has 1 atom stereocenters. The van der Waals surface area contributed by atoms with Crippen molar-refractivity contribution >= 4 is 27.8 Å². The van der Waals surface area contributed by atoms with Gasteiger partial charge in [-0.05, 0) is 35.4 Å². The zero-order valence-corrected chi connectivity index (χ0v) is 17.3. The smallest absolute Gasteiger partial charge is 0.333 e. The summed E-state index contributed by atoms with van der Waals surface area (Å²) in [6.45, 7) is 0.341. The van der Waals surface area contributed by atoms with Gasteiger partial charge in [0.2, 0.25) is 0 Å². The molecule has 3 rings (SSSR count). The van der Waals surface area contributed by atoms with Crippen LogP contribution in [0.15, 0.2) is 82.2 Å². The largest absolute Gasteiger partial charge is 0.467 e. The maximum atomic E-state index is 12.8. The van der Waals surface area contributed by atoms with Crippen LogP contribution in [0.5, 0.6) is 0 Å². The van der Waals surface area contributed by atoms with Crippen molar-refractivity contribution < 1.29 is 14.3 Å². The van der Waals surface area contributed by atoms with Crippen LogP contribution in [0.3, 0.4) is 0 Å². The normalized spacial score (nSPS) is 11.5. The highest BCUT2D eigenvalue weighted by Crippen LogP contribution is 2.18. The fraction of sp³-hybridized carbons (Fsp3) is 0.136. The number of amides is 1. The summed E-state index contributed by atoms with van der Waals surface area (Å²) in [5.74, 6) is -1.27. The van der Waals surface area contributed by atoms with Gasteiger partial charge in [0, 0.05) is 10.7 Å². The molecule has 29 heavy (non-hydrogen) atoms. The molecule has 0 saturated heterocycles. The van der Waals surface area contributed by atoms with E-state index in [1.54, 1.807) is 36.5 Å². The highest BCUT2D eigenvalue weighted by atomic mass is 79.9. The van der Waals surface area contributed by atoms with E-state index in [1.165, 1.54) is 17.7 Å². The first-order valence-corrected chi connectivity index (χ1v) is 9.66. The predicted molar refractivity (Wildman–Crippen MR) is 113 cm³/mol. The van der Waals surface area contributed by atoms with E-state index in [0.717, 1.165) is 10.0 Å². The minimum Gasteiger partial charge on any atom is -0.467 e. The Morgan fingerprint density at radius 2 is 1.72 bits per heavy atom. The van der Waals surface area contributed by atoms with Gasteiger partial charge in [-0.3, -0.25) is 9.59 Å². The molecule has 6 nitrogen and oxygen atoms in total. The predicted octanol–water partition coefficient (Wildman–Crippen LogP) is 3.30. The summed E-state index contributed by atoms with van der Waals surface area (Å²) in [6, 6.07) is 18.4. The summed E-state index contributed by atoms with van der Waals surface area (Å²) in [5, 5.41) is 2.61. The minimum atomic E-state index is -1.03. The van der Waals surface area contributed by atoms with Gasteiger partial charge in [-0.25, -0.2) is 4.79 Å². The number of hydrogen-bond donors (Lipinski definition) is 1. The Kier molecular flexibility index (Phi) is 6.61. The summed E-state index contributed by atoms with van der Waals surface area (Å²) >= 11 is 3.33. The second kappa shape index (κ2) is 9.34. The number of ether oxygens (including phenoxy) is 1. The van der Waals surface area contributed by atoms with Crippen LogP contribution in [0.4, 0.5) is 0 Å². The molecule has 1 aromatic heterocycles. The molecule has 0 aliphatic heterocycles. The first kappa shape index (κ1) is 20.5. The highest BCUT2D eigenvalue weighted by molar-refractivity contribution is 9.10. The van der Waals surface area contributed by atoms with E-state index in [0.29, 0.717) is 12.1 Å². The lowest BCUT2D eigenvalue weighted by Crippen LogP contribution is -2.38. The van der Waals surface area contributed by atoms with Gasteiger partial charge in [-0.15, -0.1) is 0 Å². The third-order valence-corrected chi connectivity index (χ3v) is 4.90. The molecule has 0 saturated carbocycles. The highest BCUT2D eigenvalue weighted by Gasteiger charge is 2.25. The summed E-state index contributed by atoms with van der Waals surface area (Å²) in [5.41, 5.74) is 1.01. The minimum absolute atomic E-state index is 0.0468. The van der Waals surface area contributed by atoms with Gasteiger partial charge in [-0.1, -0.05) is 58.4 Å². The van der Waals surface area contributed by atoms with Crippen molar-refractivity contribution in [3.8, 4) is 0 Å². The number of benzene rings is 2. The summed E-state index contributed by atoms with van der Waals surface area (Å²) in [6.07, 6.45) is 1.62. The molecule has 1 N–H and O–H groups in total. The molecule has 0 aliphatic carbocycles. The summed E-state index contributed by atoms with van der Waals surface area (Å²) in [4.78, 5) is 37.8. The lowest BCUT2D eigenvalue weighted by molar-refractivity contribution is -0.143. The number of carbonyl (C=O) groups is 2. The van der Waals surface area contributed by atoms with Crippen LogP contribution in [-0.2, 0) is 16.1 Å². The standard InChI is InChI=1S/C22H19BrN2O4/c1-29-22(28)19(16-9-11-17(23)12-10-16)24-20(26)18-8-5-13-25(21(18)27)14-15-6-3-2-4-7-15/h2-13,19H,14H2,1H3,(H,24,26). The molecule has 7 heteroatoms. The van der Waals surface area contributed by atoms with Crippen LogP contribution in [0.2, 0.25) is 0 Å². The molecule has 148 valence electrons. The van der Waals surface area contributed by atoms with E-state index < -0.39 is 23.5 Å².